The first-order valence-electron chi connectivity index (χ1n) is 14.1. The van der Waals surface area contributed by atoms with E-state index in [4.69, 9.17) is 23.2 Å². The van der Waals surface area contributed by atoms with Gasteiger partial charge in [0.2, 0.25) is 5.91 Å². The predicted octanol–water partition coefficient (Wildman–Crippen LogP) is 7.41. The first-order valence-corrected chi connectivity index (χ1v) is 14.9. The minimum absolute atomic E-state index is 0.0531. The van der Waals surface area contributed by atoms with Gasteiger partial charge in [-0.2, -0.15) is 5.26 Å². The second-order valence-corrected chi connectivity index (χ2v) is 11.6. The van der Waals surface area contributed by atoms with Crippen LogP contribution in [0.3, 0.4) is 0 Å². The van der Waals surface area contributed by atoms with Crippen LogP contribution in [-0.2, 0) is 4.79 Å². The van der Waals surface area contributed by atoms with Crippen LogP contribution in [0.2, 0.25) is 10.0 Å². The van der Waals surface area contributed by atoms with Crippen LogP contribution >= 0.6 is 23.2 Å². The number of amides is 1. The summed E-state index contributed by atoms with van der Waals surface area (Å²) in [4.78, 5) is 18.2. The summed E-state index contributed by atoms with van der Waals surface area (Å²) < 4.78 is 29.6. The Morgan fingerprint density at radius 2 is 1.84 bits per heavy atom. The van der Waals surface area contributed by atoms with E-state index in [2.05, 4.69) is 32.0 Å². The lowest BCUT2D eigenvalue weighted by atomic mass is 10.0. The number of hydrogen-bond acceptors (Lipinski definition) is 7. The molecule has 9 nitrogen and oxygen atoms in total. The van der Waals surface area contributed by atoms with E-state index >= 15 is 0 Å². The van der Waals surface area contributed by atoms with Crippen LogP contribution in [0.25, 0.3) is 10.9 Å². The van der Waals surface area contributed by atoms with Gasteiger partial charge in [0.15, 0.2) is 0 Å². The van der Waals surface area contributed by atoms with Crippen LogP contribution in [0.1, 0.15) is 48.7 Å². The number of piperidine rings is 1. The second-order valence-electron chi connectivity index (χ2n) is 10.8. The fourth-order valence-corrected chi connectivity index (χ4v) is 5.90. The topological polar surface area (TPSA) is 112 Å². The van der Waals surface area contributed by atoms with E-state index in [1.54, 1.807) is 31.2 Å². The predicted molar refractivity (Wildman–Crippen MR) is 169 cm³/mol. The Balaban J connectivity index is 1.39. The number of aromatic nitrogens is 4. The number of nitrogens with zero attached hydrogens (tertiary/aromatic N) is 6. The van der Waals surface area contributed by atoms with E-state index in [1.807, 2.05) is 15.8 Å². The number of rotatable bonds is 7. The molecule has 2 aromatic heterocycles. The molecule has 1 unspecified atom stereocenters. The lowest BCUT2D eigenvalue weighted by molar-refractivity contribution is -0.130. The van der Waals surface area contributed by atoms with E-state index in [9.17, 15) is 18.8 Å². The summed E-state index contributed by atoms with van der Waals surface area (Å²) in [7, 11) is 0. The van der Waals surface area contributed by atoms with Crippen molar-refractivity contribution >= 4 is 57.1 Å². The summed E-state index contributed by atoms with van der Waals surface area (Å²) >= 11 is 12.6. The Labute approximate surface area is 267 Å². The number of anilines is 3. The molecule has 1 amide bonds. The summed E-state index contributed by atoms with van der Waals surface area (Å²) in [6.45, 7) is 2.85. The normalized spacial score (nSPS) is 14.3. The molecule has 1 aliphatic rings. The number of halogens is 4. The number of fused-ring (bicyclic) bond motifs is 1. The summed E-state index contributed by atoms with van der Waals surface area (Å²) in [5.41, 5.74) is 3.44. The Bertz CT molecular complexity index is 1930. The van der Waals surface area contributed by atoms with Gasteiger partial charge >= 0.3 is 0 Å². The molecule has 228 valence electrons. The molecule has 45 heavy (non-hydrogen) atoms. The van der Waals surface area contributed by atoms with Crippen molar-refractivity contribution in [1.82, 2.24) is 24.9 Å². The van der Waals surface area contributed by atoms with Crippen molar-refractivity contribution in [2.45, 2.75) is 31.8 Å². The van der Waals surface area contributed by atoms with Gasteiger partial charge < -0.3 is 15.5 Å². The monoisotopic (exact) mass is 646 g/mol. The van der Waals surface area contributed by atoms with Crippen molar-refractivity contribution in [2.75, 3.05) is 23.7 Å². The highest BCUT2D eigenvalue weighted by atomic mass is 35.5. The molecule has 1 saturated heterocycles. The van der Waals surface area contributed by atoms with Gasteiger partial charge in [0, 0.05) is 42.3 Å². The molecule has 1 atom stereocenters. The molecule has 0 radical (unpaired) electrons. The Kier molecular flexibility index (Phi) is 8.52. The SMILES string of the molecule is CC(=O)N1CCC(n2cc(C(Nc3cc(Cl)cc4c(Nc5ccc(F)c(Cl)c5)c(C#N)cnc34)c3ccc(F)cc3)nn2)CC1. The lowest BCUT2D eigenvalue weighted by Gasteiger charge is -2.31. The molecule has 6 rings (SSSR count). The van der Waals surface area contributed by atoms with Gasteiger partial charge in [0.05, 0.1) is 45.8 Å². The summed E-state index contributed by atoms with van der Waals surface area (Å²) in [6.07, 6.45) is 4.78. The summed E-state index contributed by atoms with van der Waals surface area (Å²) in [6, 6.07) is 15.2. The van der Waals surface area contributed by atoms with Gasteiger partial charge in [-0.05, 0) is 60.9 Å². The van der Waals surface area contributed by atoms with Gasteiger partial charge in [0.25, 0.3) is 0 Å². The number of likely N-dealkylation sites (tertiary alicyclic amines) is 1. The van der Waals surface area contributed by atoms with E-state index in [1.165, 1.54) is 36.5 Å². The number of pyridine rings is 1. The minimum Gasteiger partial charge on any atom is -0.371 e. The van der Waals surface area contributed by atoms with Crippen molar-refractivity contribution < 1.29 is 13.6 Å². The second kappa shape index (κ2) is 12.7. The maximum absolute atomic E-state index is 13.9. The van der Waals surface area contributed by atoms with E-state index in [-0.39, 0.29) is 28.4 Å². The standard InChI is InChI=1S/C32H26Cl2F2N8O/c1-18(45)43-10-8-24(9-11-43)44-17-29(41-42-44)31(19-2-4-22(35)5-3-19)40-28-13-21(33)12-25-30(20(15-37)16-38-32(25)28)39-23-6-7-27(36)26(34)14-23/h2-7,12-14,16-17,24,31,40H,8-11H2,1H3,(H,38,39). The van der Waals surface area contributed by atoms with Crippen molar-refractivity contribution in [3.8, 4) is 6.07 Å². The number of benzene rings is 3. The Morgan fingerprint density at radius 1 is 1.09 bits per heavy atom. The zero-order valence-electron chi connectivity index (χ0n) is 23.9. The zero-order valence-corrected chi connectivity index (χ0v) is 25.4. The third-order valence-electron chi connectivity index (χ3n) is 7.86. The molecule has 0 aliphatic carbocycles. The molecule has 0 bridgehead atoms. The smallest absolute Gasteiger partial charge is 0.219 e. The number of nitriles is 1. The fourth-order valence-electron chi connectivity index (χ4n) is 5.50. The van der Waals surface area contributed by atoms with E-state index in [0.717, 1.165) is 18.4 Å². The highest BCUT2D eigenvalue weighted by molar-refractivity contribution is 6.32. The largest absolute Gasteiger partial charge is 0.371 e. The first kappa shape index (κ1) is 30.2. The van der Waals surface area contributed by atoms with Crippen LogP contribution in [-0.4, -0.2) is 43.9 Å². The van der Waals surface area contributed by atoms with Crippen molar-refractivity contribution in [3.63, 3.8) is 0 Å². The van der Waals surface area contributed by atoms with Crippen molar-refractivity contribution in [2.24, 2.45) is 0 Å². The molecule has 1 fully saturated rings. The minimum atomic E-state index is -0.580. The average molecular weight is 648 g/mol. The maximum Gasteiger partial charge on any atom is 0.219 e. The van der Waals surface area contributed by atoms with Gasteiger partial charge in [-0.15, -0.1) is 5.10 Å². The van der Waals surface area contributed by atoms with Crippen LogP contribution in [0.4, 0.5) is 25.8 Å². The molecule has 5 aromatic rings. The first-order chi connectivity index (χ1) is 21.7. The van der Waals surface area contributed by atoms with E-state index < -0.39 is 11.9 Å². The number of nitrogens with one attached hydrogen (secondary N) is 2. The highest BCUT2D eigenvalue weighted by Gasteiger charge is 2.26. The van der Waals surface area contributed by atoms with Crippen molar-refractivity contribution in [3.05, 3.63) is 105 Å². The fraction of sp³-hybridized carbons (Fsp3) is 0.219. The Morgan fingerprint density at radius 3 is 2.53 bits per heavy atom. The molecule has 0 spiro atoms. The quantitative estimate of drug-likeness (QED) is 0.189. The van der Waals surface area contributed by atoms with Crippen LogP contribution < -0.4 is 10.6 Å². The third-order valence-corrected chi connectivity index (χ3v) is 8.36. The molecule has 1 aliphatic heterocycles. The lowest BCUT2D eigenvalue weighted by Crippen LogP contribution is -2.37. The van der Waals surface area contributed by atoms with Gasteiger partial charge in [0.1, 0.15) is 23.4 Å². The zero-order chi connectivity index (χ0) is 31.7. The van der Waals surface area contributed by atoms with Crippen LogP contribution in [0.15, 0.2) is 67.0 Å². The molecule has 13 heteroatoms. The molecule has 0 saturated carbocycles. The average Bonchev–Trinajstić information content (AvgIpc) is 3.52. The summed E-state index contributed by atoms with van der Waals surface area (Å²) in [5.74, 6) is -0.895. The van der Waals surface area contributed by atoms with Gasteiger partial charge in [-0.3, -0.25) is 9.78 Å². The number of carbonyl (C=O) groups is 1. The third kappa shape index (κ3) is 6.38. The van der Waals surface area contributed by atoms with E-state index in [0.29, 0.717) is 51.8 Å². The number of carbonyl (C=O) groups excluding carboxylic acids is 1. The van der Waals surface area contributed by atoms with Gasteiger partial charge in [-0.1, -0.05) is 40.5 Å². The summed E-state index contributed by atoms with van der Waals surface area (Å²) in [5, 5.41) is 26.2. The molecular weight excluding hydrogens is 621 g/mol. The number of hydrogen-bond donors (Lipinski definition) is 2. The van der Waals surface area contributed by atoms with Crippen LogP contribution in [0.5, 0.6) is 0 Å². The molecule has 3 aromatic carbocycles. The van der Waals surface area contributed by atoms with Crippen LogP contribution in [0, 0.1) is 23.0 Å². The highest BCUT2D eigenvalue weighted by Crippen LogP contribution is 2.38. The Hall–Kier alpha value is -4.79. The molecular formula is C32H26Cl2F2N8O. The van der Waals surface area contributed by atoms with Crippen molar-refractivity contribution in [1.29, 1.82) is 5.26 Å². The molecule has 2 N–H and O–H groups in total. The molecule has 3 heterocycles. The maximum atomic E-state index is 13.9. The van der Waals surface area contributed by atoms with Gasteiger partial charge in [-0.25, -0.2) is 13.5 Å².